The van der Waals surface area contributed by atoms with Gasteiger partial charge in [-0.2, -0.15) is 0 Å². The maximum absolute atomic E-state index is 12.6. The number of rotatable bonds is 5. The average Bonchev–Trinajstić information content (AvgIpc) is 2.70. The summed E-state index contributed by atoms with van der Waals surface area (Å²) in [6.45, 7) is 10.5. The van der Waals surface area contributed by atoms with Crippen LogP contribution in [0.4, 0.5) is 0 Å². The predicted molar refractivity (Wildman–Crippen MR) is 110 cm³/mol. The van der Waals surface area contributed by atoms with Crippen molar-refractivity contribution in [1.82, 2.24) is 9.80 Å². The Bertz CT molecular complexity index is 610. The summed E-state index contributed by atoms with van der Waals surface area (Å²) in [4.78, 5) is 16.9. The molecule has 0 aliphatic carbocycles. The number of hydrogen-bond acceptors (Lipinski definition) is 3. The molecule has 0 unspecified atom stereocenters. The van der Waals surface area contributed by atoms with Gasteiger partial charge in [0.2, 0.25) is 5.91 Å². The van der Waals surface area contributed by atoms with Gasteiger partial charge in [0.15, 0.2) is 0 Å². The molecule has 150 valence electrons. The first-order chi connectivity index (χ1) is 12.9. The largest absolute Gasteiger partial charge is 0.385 e. The molecule has 1 aromatic carbocycles. The molecule has 2 heterocycles. The molecule has 1 amide bonds. The van der Waals surface area contributed by atoms with E-state index in [-0.39, 0.29) is 5.91 Å². The van der Waals surface area contributed by atoms with E-state index in [1.165, 1.54) is 12.0 Å². The molecule has 2 fully saturated rings. The lowest BCUT2D eigenvalue weighted by Crippen LogP contribution is -2.48. The maximum atomic E-state index is 12.6. The zero-order chi connectivity index (χ0) is 19.4. The van der Waals surface area contributed by atoms with Crippen molar-refractivity contribution < 1.29 is 9.90 Å². The second kappa shape index (κ2) is 8.74. The number of amides is 1. The third kappa shape index (κ3) is 4.91. The van der Waals surface area contributed by atoms with E-state index in [1.807, 2.05) is 4.90 Å². The standard InChI is InChI=1S/C23H36N2O2/c1-4-19-9-13-25(14-10-19)22(26)17-24-15-11-23(27,12-16-24)21-7-5-20(6-8-21)18(2)3/h5-8,18-19,27H,4,9-17H2,1-3H3. The minimum atomic E-state index is -0.755. The molecule has 0 bridgehead atoms. The molecule has 0 spiro atoms. The summed E-state index contributed by atoms with van der Waals surface area (Å²) in [5, 5.41) is 11.1. The number of benzene rings is 1. The highest BCUT2D eigenvalue weighted by Gasteiger charge is 2.35. The number of aliphatic hydroxyl groups is 1. The van der Waals surface area contributed by atoms with Crippen LogP contribution in [0.25, 0.3) is 0 Å². The van der Waals surface area contributed by atoms with Crippen LogP contribution in [0.15, 0.2) is 24.3 Å². The summed E-state index contributed by atoms with van der Waals surface area (Å²) in [5.74, 6) is 1.56. The van der Waals surface area contributed by atoms with E-state index in [0.717, 1.165) is 50.5 Å². The van der Waals surface area contributed by atoms with Crippen LogP contribution in [-0.2, 0) is 10.4 Å². The summed E-state index contributed by atoms with van der Waals surface area (Å²) in [5.41, 5.74) is 1.56. The summed E-state index contributed by atoms with van der Waals surface area (Å²) in [6.07, 6.45) is 4.91. The van der Waals surface area contributed by atoms with Gasteiger partial charge in [-0.05, 0) is 48.6 Å². The first-order valence-electron chi connectivity index (χ1n) is 10.7. The van der Waals surface area contributed by atoms with Gasteiger partial charge in [0.1, 0.15) is 0 Å². The van der Waals surface area contributed by atoms with Crippen molar-refractivity contribution in [3.05, 3.63) is 35.4 Å². The highest BCUT2D eigenvalue weighted by Crippen LogP contribution is 2.33. The Kier molecular flexibility index (Phi) is 6.59. The summed E-state index contributed by atoms with van der Waals surface area (Å²) in [7, 11) is 0. The molecular formula is C23H36N2O2. The Morgan fingerprint density at radius 3 is 2.22 bits per heavy atom. The monoisotopic (exact) mass is 372 g/mol. The Balaban J connectivity index is 1.50. The summed E-state index contributed by atoms with van der Waals surface area (Å²) in [6, 6.07) is 8.42. The number of likely N-dealkylation sites (tertiary alicyclic amines) is 2. The van der Waals surface area contributed by atoms with E-state index in [2.05, 4.69) is 49.9 Å². The van der Waals surface area contributed by atoms with E-state index in [0.29, 0.717) is 25.3 Å². The lowest BCUT2D eigenvalue weighted by molar-refractivity contribution is -0.135. The van der Waals surface area contributed by atoms with E-state index in [1.54, 1.807) is 0 Å². The lowest BCUT2D eigenvalue weighted by Gasteiger charge is -2.39. The van der Waals surface area contributed by atoms with Crippen LogP contribution >= 0.6 is 0 Å². The van der Waals surface area contributed by atoms with E-state index >= 15 is 0 Å². The van der Waals surface area contributed by atoms with Crippen molar-refractivity contribution in [3.63, 3.8) is 0 Å². The van der Waals surface area contributed by atoms with Gasteiger partial charge in [-0.15, -0.1) is 0 Å². The number of hydrogen-bond donors (Lipinski definition) is 1. The van der Waals surface area contributed by atoms with E-state index < -0.39 is 5.60 Å². The second-order valence-corrected chi connectivity index (χ2v) is 8.82. The van der Waals surface area contributed by atoms with Crippen molar-refractivity contribution >= 4 is 5.91 Å². The van der Waals surface area contributed by atoms with Crippen LogP contribution in [0.3, 0.4) is 0 Å². The second-order valence-electron chi connectivity index (χ2n) is 8.82. The summed E-state index contributed by atoms with van der Waals surface area (Å²) >= 11 is 0. The van der Waals surface area contributed by atoms with Crippen LogP contribution in [-0.4, -0.2) is 53.5 Å². The molecule has 1 aromatic rings. The van der Waals surface area contributed by atoms with Gasteiger partial charge in [-0.25, -0.2) is 0 Å². The first-order valence-corrected chi connectivity index (χ1v) is 10.7. The molecule has 0 aromatic heterocycles. The van der Waals surface area contributed by atoms with E-state index in [4.69, 9.17) is 0 Å². The van der Waals surface area contributed by atoms with Crippen LogP contribution in [0, 0.1) is 5.92 Å². The topological polar surface area (TPSA) is 43.8 Å². The lowest BCUT2D eigenvalue weighted by atomic mass is 9.83. The predicted octanol–water partition coefficient (Wildman–Crippen LogP) is 3.74. The number of piperidine rings is 2. The van der Waals surface area contributed by atoms with Gasteiger partial charge < -0.3 is 10.0 Å². The van der Waals surface area contributed by atoms with Crippen molar-refractivity contribution in [2.45, 2.75) is 64.4 Å². The molecule has 0 radical (unpaired) electrons. The molecule has 1 N–H and O–H groups in total. The normalized spacial score (nSPS) is 21.6. The van der Waals surface area contributed by atoms with Crippen molar-refractivity contribution in [1.29, 1.82) is 0 Å². The van der Waals surface area contributed by atoms with Gasteiger partial charge in [0.25, 0.3) is 0 Å². The zero-order valence-electron chi connectivity index (χ0n) is 17.3. The average molecular weight is 373 g/mol. The molecule has 0 saturated carbocycles. The highest BCUT2D eigenvalue weighted by atomic mass is 16.3. The molecule has 2 aliphatic heterocycles. The molecule has 4 nitrogen and oxygen atoms in total. The Hall–Kier alpha value is -1.39. The van der Waals surface area contributed by atoms with Crippen LogP contribution < -0.4 is 0 Å². The van der Waals surface area contributed by atoms with Gasteiger partial charge in [0.05, 0.1) is 12.1 Å². The Morgan fingerprint density at radius 1 is 1.11 bits per heavy atom. The molecule has 4 heteroatoms. The van der Waals surface area contributed by atoms with Crippen LogP contribution in [0.5, 0.6) is 0 Å². The fourth-order valence-electron chi connectivity index (χ4n) is 4.43. The highest BCUT2D eigenvalue weighted by molar-refractivity contribution is 5.78. The molecular weight excluding hydrogens is 336 g/mol. The van der Waals surface area contributed by atoms with Crippen LogP contribution in [0.1, 0.15) is 69.9 Å². The van der Waals surface area contributed by atoms with Crippen LogP contribution in [0.2, 0.25) is 0 Å². The fourth-order valence-corrected chi connectivity index (χ4v) is 4.43. The van der Waals surface area contributed by atoms with Crippen molar-refractivity contribution in [2.24, 2.45) is 5.92 Å². The molecule has 3 rings (SSSR count). The van der Waals surface area contributed by atoms with Gasteiger partial charge >= 0.3 is 0 Å². The quantitative estimate of drug-likeness (QED) is 0.856. The molecule has 2 aliphatic rings. The fraction of sp³-hybridized carbons (Fsp3) is 0.696. The third-order valence-electron chi connectivity index (χ3n) is 6.70. The summed E-state index contributed by atoms with van der Waals surface area (Å²) < 4.78 is 0. The third-order valence-corrected chi connectivity index (χ3v) is 6.70. The Labute approximate surface area is 164 Å². The number of carbonyl (C=O) groups is 1. The van der Waals surface area contributed by atoms with Gasteiger partial charge in [-0.3, -0.25) is 9.69 Å². The van der Waals surface area contributed by atoms with Gasteiger partial charge in [-0.1, -0.05) is 51.5 Å². The molecule has 27 heavy (non-hydrogen) atoms. The number of carbonyl (C=O) groups excluding carboxylic acids is 1. The zero-order valence-corrected chi connectivity index (χ0v) is 17.3. The molecule has 2 saturated heterocycles. The smallest absolute Gasteiger partial charge is 0.236 e. The first kappa shape index (κ1) is 20.3. The SMILES string of the molecule is CCC1CCN(C(=O)CN2CCC(O)(c3ccc(C(C)C)cc3)CC2)CC1. The Morgan fingerprint density at radius 2 is 1.70 bits per heavy atom. The molecule has 0 atom stereocenters. The minimum Gasteiger partial charge on any atom is -0.385 e. The number of nitrogens with zero attached hydrogens (tertiary/aromatic N) is 2. The van der Waals surface area contributed by atoms with Crippen molar-refractivity contribution in [3.8, 4) is 0 Å². The van der Waals surface area contributed by atoms with Gasteiger partial charge in [0, 0.05) is 26.2 Å². The minimum absolute atomic E-state index is 0.260. The van der Waals surface area contributed by atoms with E-state index in [9.17, 15) is 9.90 Å². The van der Waals surface area contributed by atoms with Crippen molar-refractivity contribution in [2.75, 3.05) is 32.7 Å². The maximum Gasteiger partial charge on any atom is 0.236 e.